The molecule has 0 radical (unpaired) electrons. The van der Waals surface area contributed by atoms with Crippen LogP contribution in [0.15, 0.2) is 100 Å². The second-order valence-electron chi connectivity index (χ2n) is 10.2. The number of nitro groups is 1. The molecule has 0 amide bonds. The lowest BCUT2D eigenvalue weighted by molar-refractivity contribution is -0.385. The number of carbonyl (C=O) groups is 1. The minimum absolute atomic E-state index is 0.0476. The molecular weight excluding hydrogens is 580 g/mol. The summed E-state index contributed by atoms with van der Waals surface area (Å²) in [4.78, 5) is 43.7. The van der Waals surface area contributed by atoms with Crippen molar-refractivity contribution < 1.29 is 19.2 Å². The number of benzene rings is 3. The van der Waals surface area contributed by atoms with Crippen molar-refractivity contribution >= 4 is 40.0 Å². The molecule has 0 saturated heterocycles. The maximum Gasteiger partial charge on any atom is 0.338 e. The fourth-order valence-corrected chi connectivity index (χ4v) is 6.60. The zero-order chi connectivity index (χ0) is 31.0. The van der Waals surface area contributed by atoms with Gasteiger partial charge in [-0.3, -0.25) is 19.5 Å². The van der Waals surface area contributed by atoms with Crippen LogP contribution in [-0.2, 0) is 16.1 Å². The Morgan fingerprint density at radius 3 is 2.55 bits per heavy atom. The standard InChI is InChI=1S/C33H28N4O6S/c1-4-43-32(39)29-20(2)34-33-36(30(29)21-13-15-24(42-3)16-14-21)31(38)28(44-33)17-23-19-35(27-12-8-6-10-25(23)27)18-22-9-5-7-11-26(22)37(40)41/h5-17,19,30H,4,18H2,1-3H3/b28-17+/t30-/m1/s1. The average molecular weight is 609 g/mol. The highest BCUT2D eigenvalue weighted by molar-refractivity contribution is 7.07. The summed E-state index contributed by atoms with van der Waals surface area (Å²) < 4.78 is 14.6. The fraction of sp³-hybridized carbons (Fsp3) is 0.182. The fourth-order valence-electron chi connectivity index (χ4n) is 5.56. The number of hydrogen-bond donors (Lipinski definition) is 0. The van der Waals surface area contributed by atoms with Gasteiger partial charge in [-0.25, -0.2) is 9.79 Å². The van der Waals surface area contributed by atoms with Crippen LogP contribution in [0.3, 0.4) is 0 Å². The van der Waals surface area contributed by atoms with E-state index in [-0.39, 0.29) is 29.3 Å². The van der Waals surface area contributed by atoms with Gasteiger partial charge in [-0.15, -0.1) is 0 Å². The SMILES string of the molecule is CCOC(=O)C1=C(C)N=c2s/c(=C/c3cn(Cc4ccccc4[N+](=O)[O-])c4ccccc34)c(=O)n2[C@@H]1c1ccc(OC)cc1. The van der Waals surface area contributed by atoms with Gasteiger partial charge < -0.3 is 14.0 Å². The lowest BCUT2D eigenvalue weighted by atomic mass is 9.96. The van der Waals surface area contributed by atoms with Crippen LogP contribution in [-0.4, -0.2) is 33.7 Å². The largest absolute Gasteiger partial charge is 0.497 e. The molecule has 0 aliphatic carbocycles. The smallest absolute Gasteiger partial charge is 0.338 e. The van der Waals surface area contributed by atoms with E-state index < -0.39 is 12.0 Å². The van der Waals surface area contributed by atoms with E-state index in [2.05, 4.69) is 4.99 Å². The van der Waals surface area contributed by atoms with E-state index in [1.807, 2.05) is 53.2 Å². The first-order chi connectivity index (χ1) is 21.3. The Kier molecular flexibility index (Phi) is 7.71. The molecule has 11 heteroatoms. The number of rotatable bonds is 8. The van der Waals surface area contributed by atoms with Gasteiger partial charge in [-0.05, 0) is 43.7 Å². The third-order valence-electron chi connectivity index (χ3n) is 7.58. The van der Waals surface area contributed by atoms with Crippen molar-refractivity contribution in [1.82, 2.24) is 9.13 Å². The molecule has 1 aliphatic heterocycles. The number of nitro benzene ring substituents is 1. The summed E-state index contributed by atoms with van der Waals surface area (Å²) in [6, 6.07) is 20.9. The molecule has 0 spiro atoms. The van der Waals surface area contributed by atoms with Gasteiger partial charge in [0.2, 0.25) is 0 Å². The van der Waals surface area contributed by atoms with Crippen LogP contribution in [0.25, 0.3) is 17.0 Å². The molecule has 1 aliphatic rings. The van der Waals surface area contributed by atoms with Crippen LogP contribution >= 0.6 is 11.3 Å². The number of fused-ring (bicyclic) bond motifs is 2. The van der Waals surface area contributed by atoms with Crippen molar-refractivity contribution in [2.75, 3.05) is 13.7 Å². The Hall–Kier alpha value is -5.29. The molecule has 1 atom stereocenters. The topological polar surface area (TPSA) is 118 Å². The monoisotopic (exact) mass is 608 g/mol. The molecule has 44 heavy (non-hydrogen) atoms. The molecule has 10 nitrogen and oxygen atoms in total. The third-order valence-corrected chi connectivity index (χ3v) is 8.57. The molecular formula is C33H28N4O6S. The lowest BCUT2D eigenvalue weighted by Gasteiger charge is -2.24. The summed E-state index contributed by atoms with van der Waals surface area (Å²) in [5.74, 6) is 0.124. The zero-order valence-corrected chi connectivity index (χ0v) is 25.0. The first-order valence-electron chi connectivity index (χ1n) is 13.9. The molecule has 0 bridgehead atoms. The highest BCUT2D eigenvalue weighted by Crippen LogP contribution is 2.32. The van der Waals surface area contributed by atoms with E-state index in [9.17, 15) is 19.7 Å². The van der Waals surface area contributed by atoms with Gasteiger partial charge in [0.1, 0.15) is 5.75 Å². The minimum atomic E-state index is -0.738. The van der Waals surface area contributed by atoms with E-state index in [0.29, 0.717) is 31.9 Å². The number of hydrogen-bond acceptors (Lipinski definition) is 8. The number of esters is 1. The Morgan fingerprint density at radius 2 is 1.82 bits per heavy atom. The second kappa shape index (κ2) is 11.8. The molecule has 3 aromatic carbocycles. The molecule has 3 heterocycles. The molecule has 5 aromatic rings. The summed E-state index contributed by atoms with van der Waals surface area (Å²) in [5.41, 5.74) is 3.50. The summed E-state index contributed by atoms with van der Waals surface area (Å²) in [6.07, 6.45) is 3.71. The van der Waals surface area contributed by atoms with Crippen LogP contribution in [0.4, 0.5) is 5.69 Å². The van der Waals surface area contributed by atoms with Crippen LogP contribution < -0.4 is 19.6 Å². The van der Waals surface area contributed by atoms with Gasteiger partial charge in [0.25, 0.3) is 11.2 Å². The first-order valence-corrected chi connectivity index (χ1v) is 14.8. The van der Waals surface area contributed by atoms with Gasteiger partial charge in [0, 0.05) is 34.3 Å². The molecule has 0 N–H and O–H groups in total. The van der Waals surface area contributed by atoms with E-state index in [0.717, 1.165) is 22.0 Å². The molecule has 6 rings (SSSR count). The summed E-state index contributed by atoms with van der Waals surface area (Å²) in [5, 5.41) is 12.5. The highest BCUT2D eigenvalue weighted by Gasteiger charge is 2.33. The number of methoxy groups -OCH3 is 1. The lowest BCUT2D eigenvalue weighted by Crippen LogP contribution is -2.39. The number of thiazole rings is 1. The van der Waals surface area contributed by atoms with Gasteiger partial charge in [0.15, 0.2) is 4.80 Å². The quantitative estimate of drug-likeness (QED) is 0.143. The van der Waals surface area contributed by atoms with Crippen molar-refractivity contribution in [2.45, 2.75) is 26.4 Å². The summed E-state index contributed by atoms with van der Waals surface area (Å²) in [6.45, 7) is 3.95. The second-order valence-corrected chi connectivity index (χ2v) is 11.2. The van der Waals surface area contributed by atoms with E-state index in [1.165, 1.54) is 17.4 Å². The maximum atomic E-state index is 14.1. The van der Waals surface area contributed by atoms with Crippen LogP contribution in [0.5, 0.6) is 5.75 Å². The van der Waals surface area contributed by atoms with Crippen molar-refractivity contribution in [1.29, 1.82) is 0 Å². The molecule has 2 aromatic heterocycles. The third kappa shape index (κ3) is 5.11. The number of carbonyl (C=O) groups excluding carboxylic acids is 1. The van der Waals surface area contributed by atoms with E-state index >= 15 is 0 Å². The van der Waals surface area contributed by atoms with Gasteiger partial charge in [0.05, 0.1) is 47.0 Å². The van der Waals surface area contributed by atoms with E-state index in [1.54, 1.807) is 55.9 Å². The predicted molar refractivity (Wildman–Crippen MR) is 168 cm³/mol. The highest BCUT2D eigenvalue weighted by atomic mass is 32.1. The van der Waals surface area contributed by atoms with E-state index in [4.69, 9.17) is 9.47 Å². The summed E-state index contributed by atoms with van der Waals surface area (Å²) >= 11 is 1.24. The Morgan fingerprint density at radius 1 is 1.09 bits per heavy atom. The van der Waals surface area contributed by atoms with Gasteiger partial charge in [-0.2, -0.15) is 0 Å². The predicted octanol–water partition coefficient (Wildman–Crippen LogP) is 4.72. The number of ether oxygens (including phenoxy) is 2. The van der Waals surface area contributed by atoms with Crippen molar-refractivity contribution in [3.8, 4) is 5.75 Å². The maximum absolute atomic E-state index is 14.1. The Labute approximate surface area is 255 Å². The van der Waals surface area contributed by atoms with Crippen LogP contribution in [0.2, 0.25) is 0 Å². The molecule has 222 valence electrons. The number of aromatic nitrogens is 2. The number of allylic oxidation sites excluding steroid dienone is 1. The van der Waals surface area contributed by atoms with Crippen molar-refractivity contribution in [3.05, 3.63) is 137 Å². The van der Waals surface area contributed by atoms with Crippen LogP contribution in [0, 0.1) is 10.1 Å². The molecule has 0 saturated carbocycles. The minimum Gasteiger partial charge on any atom is -0.497 e. The normalized spacial score (nSPS) is 14.8. The van der Waals surface area contributed by atoms with Gasteiger partial charge >= 0.3 is 5.97 Å². The van der Waals surface area contributed by atoms with Crippen molar-refractivity contribution in [3.63, 3.8) is 0 Å². The average Bonchev–Trinajstić information content (AvgIpc) is 3.52. The Bertz CT molecular complexity index is 2140. The number of para-hydroxylation sites is 2. The molecule has 0 unspecified atom stereocenters. The Balaban J connectivity index is 1.51. The summed E-state index contributed by atoms with van der Waals surface area (Å²) in [7, 11) is 1.57. The molecule has 0 fully saturated rings. The van der Waals surface area contributed by atoms with Gasteiger partial charge in [-0.1, -0.05) is 59.9 Å². The van der Waals surface area contributed by atoms with Crippen LogP contribution in [0.1, 0.15) is 36.6 Å². The first kappa shape index (κ1) is 28.8. The zero-order valence-electron chi connectivity index (χ0n) is 24.2. The van der Waals surface area contributed by atoms with Crippen molar-refractivity contribution in [2.24, 2.45) is 4.99 Å². The number of nitrogens with zero attached hydrogens (tertiary/aromatic N) is 4.